The predicted molar refractivity (Wildman–Crippen MR) is 127 cm³/mol. The molecule has 2 amide bonds. The fourth-order valence-electron chi connectivity index (χ4n) is 2.97. The van der Waals surface area contributed by atoms with E-state index in [0.29, 0.717) is 30.1 Å². The second-order valence-corrected chi connectivity index (χ2v) is 7.70. The number of carbonyl (C=O) groups excluding carboxylic acids is 1. The quantitative estimate of drug-likeness (QED) is 0.376. The molecule has 0 radical (unpaired) electrons. The zero-order chi connectivity index (χ0) is 22.1. The molecule has 0 saturated carbocycles. The van der Waals surface area contributed by atoms with E-state index >= 15 is 0 Å². The Morgan fingerprint density at radius 2 is 1.77 bits per heavy atom. The molecule has 0 saturated heterocycles. The van der Waals surface area contributed by atoms with Gasteiger partial charge in [0.05, 0.1) is 18.9 Å². The first kappa shape index (κ1) is 22.4. The lowest BCUT2D eigenvalue weighted by Gasteiger charge is -2.13. The fourth-order valence-corrected chi connectivity index (χ4v) is 3.27. The van der Waals surface area contributed by atoms with Gasteiger partial charge in [0.2, 0.25) is 5.95 Å². The van der Waals surface area contributed by atoms with Gasteiger partial charge < -0.3 is 26.8 Å². The van der Waals surface area contributed by atoms with Gasteiger partial charge in [0.25, 0.3) is 0 Å². The summed E-state index contributed by atoms with van der Waals surface area (Å²) in [5, 5.41) is 5.60. The summed E-state index contributed by atoms with van der Waals surface area (Å²) in [6, 6.07) is 16.9. The molecule has 0 aliphatic heterocycles. The molecule has 0 bridgehead atoms. The zero-order valence-electron chi connectivity index (χ0n) is 17.3. The Morgan fingerprint density at radius 3 is 2.48 bits per heavy atom. The van der Waals surface area contributed by atoms with Crippen LogP contribution in [0, 0.1) is 0 Å². The molecule has 0 spiro atoms. The number of amides is 2. The molecule has 0 unspecified atom stereocenters. The van der Waals surface area contributed by atoms with Crippen molar-refractivity contribution in [3.05, 3.63) is 65.9 Å². The van der Waals surface area contributed by atoms with Crippen molar-refractivity contribution in [2.24, 2.45) is 0 Å². The van der Waals surface area contributed by atoms with Crippen LogP contribution < -0.4 is 22.1 Å². The third-order valence-corrected chi connectivity index (χ3v) is 5.02. The number of carbonyl (C=O) groups is 1. The SMILES string of the molecule is CSCCNC(=O)Nc1ccc(-c2c(N)nc(N)nc2COCc2ccccc2)cc1. The minimum absolute atomic E-state index is 0.0970. The molecule has 3 rings (SSSR count). The van der Waals surface area contributed by atoms with Gasteiger partial charge in [-0.1, -0.05) is 42.5 Å². The van der Waals surface area contributed by atoms with Crippen molar-refractivity contribution in [1.82, 2.24) is 15.3 Å². The highest BCUT2D eigenvalue weighted by atomic mass is 32.2. The van der Waals surface area contributed by atoms with Gasteiger partial charge in [-0.2, -0.15) is 16.7 Å². The van der Waals surface area contributed by atoms with Crippen molar-refractivity contribution in [3.8, 4) is 11.1 Å². The van der Waals surface area contributed by atoms with Crippen molar-refractivity contribution in [2.75, 3.05) is 35.3 Å². The van der Waals surface area contributed by atoms with E-state index in [9.17, 15) is 4.79 Å². The van der Waals surface area contributed by atoms with Gasteiger partial charge in [-0.25, -0.2) is 9.78 Å². The van der Waals surface area contributed by atoms with E-state index in [1.165, 1.54) is 0 Å². The number of benzene rings is 2. The van der Waals surface area contributed by atoms with Gasteiger partial charge in [0.1, 0.15) is 5.82 Å². The van der Waals surface area contributed by atoms with Gasteiger partial charge in [0, 0.05) is 23.5 Å². The van der Waals surface area contributed by atoms with E-state index in [2.05, 4.69) is 20.6 Å². The first-order valence-corrected chi connectivity index (χ1v) is 11.1. The van der Waals surface area contributed by atoms with Crippen molar-refractivity contribution in [3.63, 3.8) is 0 Å². The molecule has 0 atom stereocenters. The van der Waals surface area contributed by atoms with Crippen LogP contribution in [0.2, 0.25) is 0 Å². The van der Waals surface area contributed by atoms with Crippen molar-refractivity contribution in [2.45, 2.75) is 13.2 Å². The van der Waals surface area contributed by atoms with Crippen LogP contribution in [-0.2, 0) is 18.0 Å². The summed E-state index contributed by atoms with van der Waals surface area (Å²) in [4.78, 5) is 20.4. The smallest absolute Gasteiger partial charge is 0.319 e. The summed E-state index contributed by atoms with van der Waals surface area (Å²) in [5.74, 6) is 1.24. The number of anilines is 3. The number of nitrogens with zero attached hydrogens (tertiary/aromatic N) is 2. The molecule has 2 aromatic carbocycles. The summed E-state index contributed by atoms with van der Waals surface area (Å²) in [6.45, 7) is 1.29. The number of hydrogen-bond donors (Lipinski definition) is 4. The summed E-state index contributed by atoms with van der Waals surface area (Å²) in [7, 11) is 0. The summed E-state index contributed by atoms with van der Waals surface area (Å²) in [6.07, 6.45) is 1.99. The first-order chi connectivity index (χ1) is 15.1. The molecule has 31 heavy (non-hydrogen) atoms. The lowest BCUT2D eigenvalue weighted by Crippen LogP contribution is -2.30. The number of rotatable bonds is 9. The molecule has 0 fully saturated rings. The molecule has 0 aliphatic rings. The maximum Gasteiger partial charge on any atom is 0.319 e. The monoisotopic (exact) mass is 438 g/mol. The lowest BCUT2D eigenvalue weighted by molar-refractivity contribution is 0.105. The Kier molecular flexibility index (Phi) is 8.08. The number of nitrogen functional groups attached to an aromatic ring is 2. The number of aromatic nitrogens is 2. The topological polar surface area (TPSA) is 128 Å². The van der Waals surface area contributed by atoms with Crippen LogP contribution in [0.15, 0.2) is 54.6 Å². The minimum Gasteiger partial charge on any atom is -0.383 e. The van der Waals surface area contributed by atoms with Gasteiger partial charge in [-0.05, 0) is 29.5 Å². The van der Waals surface area contributed by atoms with Crippen molar-refractivity contribution >= 4 is 35.2 Å². The third-order valence-electron chi connectivity index (χ3n) is 4.40. The zero-order valence-corrected chi connectivity index (χ0v) is 18.1. The van der Waals surface area contributed by atoms with E-state index in [0.717, 1.165) is 16.9 Å². The normalized spacial score (nSPS) is 10.6. The second kappa shape index (κ2) is 11.2. The van der Waals surface area contributed by atoms with Crippen molar-refractivity contribution in [1.29, 1.82) is 0 Å². The van der Waals surface area contributed by atoms with Gasteiger partial charge >= 0.3 is 6.03 Å². The minimum atomic E-state index is -0.243. The highest BCUT2D eigenvalue weighted by Gasteiger charge is 2.14. The molecular weight excluding hydrogens is 412 g/mol. The van der Waals surface area contributed by atoms with E-state index in [-0.39, 0.29) is 24.4 Å². The van der Waals surface area contributed by atoms with E-state index in [1.54, 1.807) is 23.9 Å². The average molecular weight is 439 g/mol. The number of hydrogen-bond acceptors (Lipinski definition) is 7. The summed E-state index contributed by atoms with van der Waals surface area (Å²) < 4.78 is 5.83. The van der Waals surface area contributed by atoms with Crippen LogP contribution in [0.3, 0.4) is 0 Å². The Balaban J connectivity index is 1.71. The second-order valence-electron chi connectivity index (χ2n) is 6.72. The number of nitrogens with two attached hydrogens (primary N) is 2. The van der Waals surface area contributed by atoms with Crippen LogP contribution in [0.25, 0.3) is 11.1 Å². The predicted octanol–water partition coefficient (Wildman–Crippen LogP) is 3.51. The highest BCUT2D eigenvalue weighted by molar-refractivity contribution is 7.98. The maximum absolute atomic E-state index is 11.9. The Morgan fingerprint density at radius 1 is 1.03 bits per heavy atom. The fraction of sp³-hybridized carbons (Fsp3) is 0.227. The van der Waals surface area contributed by atoms with E-state index in [1.807, 2.05) is 48.7 Å². The molecular formula is C22H26N6O2S. The summed E-state index contributed by atoms with van der Waals surface area (Å²) in [5.41, 5.74) is 15.8. The van der Waals surface area contributed by atoms with Crippen LogP contribution in [0.1, 0.15) is 11.3 Å². The van der Waals surface area contributed by atoms with Crippen LogP contribution >= 0.6 is 11.8 Å². The first-order valence-electron chi connectivity index (χ1n) is 9.74. The van der Waals surface area contributed by atoms with E-state index in [4.69, 9.17) is 16.2 Å². The van der Waals surface area contributed by atoms with Gasteiger partial charge in [-0.3, -0.25) is 0 Å². The van der Waals surface area contributed by atoms with E-state index < -0.39 is 0 Å². The molecule has 9 heteroatoms. The maximum atomic E-state index is 11.9. The molecule has 8 nitrogen and oxygen atoms in total. The van der Waals surface area contributed by atoms with Gasteiger partial charge in [0.15, 0.2) is 0 Å². The standard InChI is InChI=1S/C22H26N6O2S/c1-31-12-11-25-22(29)26-17-9-7-16(8-10-17)19-18(27-21(24)28-20(19)23)14-30-13-15-5-3-2-4-6-15/h2-10H,11-14H2,1H3,(H2,25,26,29)(H4,23,24,27,28). The van der Waals surface area contributed by atoms with Crippen LogP contribution in [0.5, 0.6) is 0 Å². The Labute approximate surface area is 185 Å². The number of nitrogens with one attached hydrogen (secondary N) is 2. The Hall–Kier alpha value is -3.30. The van der Waals surface area contributed by atoms with Crippen molar-refractivity contribution < 1.29 is 9.53 Å². The van der Waals surface area contributed by atoms with Gasteiger partial charge in [-0.15, -0.1) is 0 Å². The molecule has 3 aromatic rings. The lowest BCUT2D eigenvalue weighted by atomic mass is 10.0. The third kappa shape index (κ3) is 6.59. The number of thioether (sulfide) groups is 1. The summed E-state index contributed by atoms with van der Waals surface area (Å²) >= 11 is 1.67. The number of urea groups is 1. The molecule has 6 N–H and O–H groups in total. The number of ether oxygens (including phenoxy) is 1. The molecule has 1 aromatic heterocycles. The molecule has 1 heterocycles. The molecule has 0 aliphatic carbocycles. The Bertz CT molecular complexity index is 999. The van der Waals surface area contributed by atoms with Crippen LogP contribution in [0.4, 0.5) is 22.2 Å². The highest BCUT2D eigenvalue weighted by Crippen LogP contribution is 2.30. The average Bonchev–Trinajstić information content (AvgIpc) is 2.75. The largest absolute Gasteiger partial charge is 0.383 e. The van der Waals surface area contributed by atoms with Crippen LogP contribution in [-0.4, -0.2) is 34.6 Å². The molecule has 162 valence electrons.